The summed E-state index contributed by atoms with van der Waals surface area (Å²) in [6, 6.07) is 1.13. The number of methoxy groups -OCH3 is 1. The Balaban J connectivity index is 0.00000180. The van der Waals surface area contributed by atoms with Crippen molar-refractivity contribution in [3.05, 3.63) is 0 Å². The minimum Gasteiger partial charge on any atom is -0.381 e. The summed E-state index contributed by atoms with van der Waals surface area (Å²) in [5, 5.41) is 7.05. The fraction of sp³-hybridized carbons (Fsp3) is 0.929. The summed E-state index contributed by atoms with van der Waals surface area (Å²) in [6.07, 6.45) is 6.34. The molecular weight excluding hydrogens is 353 g/mol. The van der Waals surface area contributed by atoms with Gasteiger partial charge in [0.1, 0.15) is 0 Å². The second-order valence-electron chi connectivity index (χ2n) is 5.59. The molecule has 0 saturated heterocycles. The van der Waals surface area contributed by atoms with Gasteiger partial charge >= 0.3 is 0 Å². The van der Waals surface area contributed by atoms with E-state index in [1.165, 1.54) is 12.8 Å². The molecule has 2 aliphatic carbocycles. The van der Waals surface area contributed by atoms with Crippen LogP contribution in [0.15, 0.2) is 4.99 Å². The highest BCUT2D eigenvalue weighted by Crippen LogP contribution is 2.48. The number of aliphatic imine (C=N–C) groups is 1. The maximum atomic E-state index is 5.62. The number of ether oxygens (including phenoxy) is 1. The quantitative estimate of drug-likeness (QED) is 0.437. The molecule has 0 aliphatic heterocycles. The lowest BCUT2D eigenvalue weighted by Crippen LogP contribution is -2.65. The van der Waals surface area contributed by atoms with E-state index >= 15 is 0 Å². The zero-order valence-electron chi connectivity index (χ0n) is 12.5. The highest BCUT2D eigenvalue weighted by molar-refractivity contribution is 14.0. The van der Waals surface area contributed by atoms with Gasteiger partial charge < -0.3 is 15.4 Å². The van der Waals surface area contributed by atoms with Gasteiger partial charge in [0, 0.05) is 31.7 Å². The van der Waals surface area contributed by atoms with Crippen molar-refractivity contribution in [1.82, 2.24) is 10.6 Å². The third-order valence-electron chi connectivity index (χ3n) is 4.84. The van der Waals surface area contributed by atoms with Gasteiger partial charge in [-0.1, -0.05) is 13.8 Å². The Morgan fingerprint density at radius 1 is 1.26 bits per heavy atom. The van der Waals surface area contributed by atoms with Crippen LogP contribution < -0.4 is 10.6 Å². The summed E-state index contributed by atoms with van der Waals surface area (Å²) in [4.78, 5) is 4.33. The fourth-order valence-corrected chi connectivity index (χ4v) is 3.24. The zero-order valence-corrected chi connectivity index (χ0v) is 14.9. The fourth-order valence-electron chi connectivity index (χ4n) is 3.24. The number of halogens is 1. The summed E-state index contributed by atoms with van der Waals surface area (Å²) in [7, 11) is 3.68. The third kappa shape index (κ3) is 3.35. The Hall–Kier alpha value is -0.0400. The molecule has 0 heterocycles. The molecule has 0 aromatic heterocycles. The smallest absolute Gasteiger partial charge is 0.191 e. The van der Waals surface area contributed by atoms with Crippen molar-refractivity contribution in [1.29, 1.82) is 0 Å². The van der Waals surface area contributed by atoms with Crippen LogP contribution in [0.1, 0.15) is 46.0 Å². The molecule has 2 rings (SSSR count). The summed E-state index contributed by atoms with van der Waals surface area (Å²) in [6.45, 7) is 4.53. The number of hydrogen-bond donors (Lipinski definition) is 2. The van der Waals surface area contributed by atoms with Crippen LogP contribution >= 0.6 is 24.0 Å². The summed E-state index contributed by atoms with van der Waals surface area (Å²) >= 11 is 0. The minimum absolute atomic E-state index is 0. The van der Waals surface area contributed by atoms with E-state index in [4.69, 9.17) is 4.74 Å². The van der Waals surface area contributed by atoms with Gasteiger partial charge in [0.15, 0.2) is 5.96 Å². The first-order valence-electron chi connectivity index (χ1n) is 7.22. The van der Waals surface area contributed by atoms with E-state index in [1.54, 1.807) is 0 Å². The van der Waals surface area contributed by atoms with Crippen LogP contribution in [0.25, 0.3) is 0 Å². The number of nitrogens with one attached hydrogen (secondary N) is 2. The summed E-state index contributed by atoms with van der Waals surface area (Å²) in [5.74, 6) is 0.961. The first kappa shape index (κ1) is 17.0. The molecule has 0 amide bonds. The van der Waals surface area contributed by atoms with Crippen molar-refractivity contribution in [2.24, 2.45) is 10.4 Å². The van der Waals surface area contributed by atoms with Gasteiger partial charge in [0.05, 0.1) is 6.10 Å². The molecule has 2 saturated carbocycles. The molecule has 112 valence electrons. The third-order valence-corrected chi connectivity index (χ3v) is 4.84. The molecule has 5 heteroatoms. The lowest BCUT2D eigenvalue weighted by Gasteiger charge is -2.55. The van der Waals surface area contributed by atoms with Crippen molar-refractivity contribution in [2.75, 3.05) is 14.2 Å². The lowest BCUT2D eigenvalue weighted by atomic mass is 9.58. The topological polar surface area (TPSA) is 45.7 Å². The van der Waals surface area contributed by atoms with Gasteiger partial charge in [0.2, 0.25) is 0 Å². The molecule has 2 atom stereocenters. The normalized spacial score (nSPS) is 29.2. The number of nitrogens with zero attached hydrogens (tertiary/aromatic N) is 1. The van der Waals surface area contributed by atoms with E-state index in [0.29, 0.717) is 18.2 Å². The molecule has 2 fully saturated rings. The average Bonchev–Trinajstić information content (AvgIpc) is 3.18. The van der Waals surface area contributed by atoms with E-state index in [-0.39, 0.29) is 29.4 Å². The monoisotopic (exact) mass is 381 g/mol. The number of hydrogen-bond acceptors (Lipinski definition) is 2. The Morgan fingerprint density at radius 3 is 2.32 bits per heavy atom. The van der Waals surface area contributed by atoms with E-state index < -0.39 is 0 Å². The van der Waals surface area contributed by atoms with Crippen molar-refractivity contribution >= 4 is 29.9 Å². The van der Waals surface area contributed by atoms with Crippen molar-refractivity contribution in [2.45, 2.75) is 64.1 Å². The maximum Gasteiger partial charge on any atom is 0.191 e. The van der Waals surface area contributed by atoms with Gasteiger partial charge in [-0.2, -0.15) is 0 Å². The van der Waals surface area contributed by atoms with Crippen LogP contribution in [-0.2, 0) is 4.74 Å². The maximum absolute atomic E-state index is 5.62. The SMILES string of the molecule is CCC1(CC)C(NC(=NC)NC2CC2)CC1OC.I. The predicted molar refractivity (Wildman–Crippen MR) is 90.3 cm³/mol. The molecule has 4 nitrogen and oxygen atoms in total. The van der Waals surface area contributed by atoms with Crippen LogP contribution in [0.3, 0.4) is 0 Å². The van der Waals surface area contributed by atoms with E-state index in [0.717, 1.165) is 25.2 Å². The van der Waals surface area contributed by atoms with Crippen LogP contribution in [-0.4, -0.2) is 38.3 Å². The molecule has 19 heavy (non-hydrogen) atoms. The second kappa shape index (κ2) is 7.11. The highest BCUT2D eigenvalue weighted by atomic mass is 127. The molecule has 2 unspecified atom stereocenters. The van der Waals surface area contributed by atoms with Crippen LogP contribution in [0.2, 0.25) is 0 Å². The Labute approximate surface area is 134 Å². The summed E-state index contributed by atoms with van der Waals surface area (Å²) in [5.41, 5.74) is 0.274. The highest BCUT2D eigenvalue weighted by Gasteiger charge is 2.53. The van der Waals surface area contributed by atoms with Crippen LogP contribution in [0.5, 0.6) is 0 Å². The van der Waals surface area contributed by atoms with Gasteiger partial charge in [0.25, 0.3) is 0 Å². The van der Waals surface area contributed by atoms with Crippen molar-refractivity contribution < 1.29 is 4.74 Å². The number of rotatable bonds is 5. The van der Waals surface area contributed by atoms with E-state index in [1.807, 2.05) is 14.2 Å². The first-order valence-corrected chi connectivity index (χ1v) is 7.22. The van der Waals surface area contributed by atoms with E-state index in [2.05, 4.69) is 29.5 Å². The molecule has 0 aromatic carbocycles. The van der Waals surface area contributed by atoms with E-state index in [9.17, 15) is 0 Å². The minimum atomic E-state index is 0. The largest absolute Gasteiger partial charge is 0.381 e. The number of guanidine groups is 1. The zero-order chi connectivity index (χ0) is 13.2. The Bertz CT molecular complexity index is 314. The summed E-state index contributed by atoms with van der Waals surface area (Å²) < 4.78 is 5.62. The predicted octanol–water partition coefficient (Wildman–Crippen LogP) is 2.53. The average molecular weight is 381 g/mol. The Kier molecular flexibility index (Phi) is 6.36. The van der Waals surface area contributed by atoms with Crippen LogP contribution in [0, 0.1) is 5.41 Å². The lowest BCUT2D eigenvalue weighted by molar-refractivity contribution is -0.118. The molecule has 0 aromatic rings. The van der Waals surface area contributed by atoms with Gasteiger partial charge in [-0.3, -0.25) is 4.99 Å². The van der Waals surface area contributed by atoms with Gasteiger partial charge in [-0.05, 0) is 32.1 Å². The van der Waals surface area contributed by atoms with Crippen LogP contribution in [0.4, 0.5) is 0 Å². The first-order chi connectivity index (χ1) is 8.70. The standard InChI is InChI=1S/C14H27N3O.HI/c1-5-14(6-2)11(9-12(14)18-4)17-13(15-3)16-10-7-8-10;/h10-12H,5-9H2,1-4H3,(H2,15,16,17);1H. The van der Waals surface area contributed by atoms with Crippen molar-refractivity contribution in [3.8, 4) is 0 Å². The molecular formula is C14H28IN3O. The molecule has 0 radical (unpaired) electrons. The molecule has 0 bridgehead atoms. The second-order valence-corrected chi connectivity index (χ2v) is 5.59. The Morgan fingerprint density at radius 2 is 1.89 bits per heavy atom. The van der Waals surface area contributed by atoms with Gasteiger partial charge in [-0.15, -0.1) is 24.0 Å². The molecule has 0 spiro atoms. The molecule has 2 aliphatic rings. The van der Waals surface area contributed by atoms with Crippen molar-refractivity contribution in [3.63, 3.8) is 0 Å². The molecule has 2 N–H and O–H groups in total. The van der Waals surface area contributed by atoms with Gasteiger partial charge in [-0.25, -0.2) is 0 Å².